The minimum Gasteiger partial charge on any atom is -0.321 e. The molecule has 2 rings (SSSR count). The van der Waals surface area contributed by atoms with Gasteiger partial charge in [0.25, 0.3) is 0 Å². The Morgan fingerprint density at radius 3 is 2.94 bits per heavy atom. The summed E-state index contributed by atoms with van der Waals surface area (Å²) in [5.41, 5.74) is 2.17. The number of benzene rings is 1. The van der Waals surface area contributed by atoms with Gasteiger partial charge < -0.3 is 4.57 Å². The molecular formula is C13H15ClN2S. The van der Waals surface area contributed by atoms with E-state index in [1.54, 1.807) is 11.3 Å². The molecule has 0 aliphatic carbocycles. The lowest BCUT2D eigenvalue weighted by Gasteiger charge is -2.02. The van der Waals surface area contributed by atoms with Crippen molar-refractivity contribution in [1.82, 2.24) is 4.57 Å². The largest absolute Gasteiger partial charge is 0.321 e. The molecule has 0 unspecified atom stereocenters. The predicted molar refractivity (Wildman–Crippen MR) is 74.0 cm³/mol. The predicted octanol–water partition coefficient (Wildman–Crippen LogP) is 4.15. The maximum atomic E-state index is 5.95. The lowest BCUT2D eigenvalue weighted by atomic mass is 10.3. The molecule has 0 saturated carbocycles. The van der Waals surface area contributed by atoms with Crippen LogP contribution in [0, 0.1) is 6.92 Å². The maximum absolute atomic E-state index is 5.95. The monoisotopic (exact) mass is 266 g/mol. The van der Waals surface area contributed by atoms with Crippen molar-refractivity contribution in [2.75, 3.05) is 0 Å². The molecule has 0 amide bonds. The first-order valence-corrected chi connectivity index (χ1v) is 6.91. The third-order valence-electron chi connectivity index (χ3n) is 2.47. The number of aryl methyl sites for hydroxylation is 1. The van der Waals surface area contributed by atoms with E-state index in [1.807, 2.05) is 24.3 Å². The van der Waals surface area contributed by atoms with E-state index >= 15 is 0 Å². The summed E-state index contributed by atoms with van der Waals surface area (Å²) >= 11 is 7.62. The van der Waals surface area contributed by atoms with Gasteiger partial charge in [-0.25, -0.2) is 4.99 Å². The normalized spacial score (nSPS) is 12.1. The molecule has 0 fully saturated rings. The van der Waals surface area contributed by atoms with Crippen molar-refractivity contribution in [1.29, 1.82) is 0 Å². The summed E-state index contributed by atoms with van der Waals surface area (Å²) in [6, 6.07) is 7.64. The molecule has 0 radical (unpaired) electrons. The van der Waals surface area contributed by atoms with Crippen molar-refractivity contribution in [2.24, 2.45) is 4.99 Å². The van der Waals surface area contributed by atoms with E-state index in [2.05, 4.69) is 28.8 Å². The summed E-state index contributed by atoms with van der Waals surface area (Å²) in [7, 11) is 0. The van der Waals surface area contributed by atoms with Gasteiger partial charge in [0.2, 0.25) is 0 Å². The second kappa shape index (κ2) is 5.52. The van der Waals surface area contributed by atoms with Crippen LogP contribution >= 0.6 is 22.9 Å². The number of rotatable bonds is 3. The number of halogens is 1. The first-order valence-electron chi connectivity index (χ1n) is 5.66. The highest BCUT2D eigenvalue weighted by molar-refractivity contribution is 7.07. The minimum atomic E-state index is 0.724. The summed E-state index contributed by atoms with van der Waals surface area (Å²) < 4.78 is 2.24. The van der Waals surface area contributed by atoms with E-state index in [1.165, 1.54) is 5.69 Å². The van der Waals surface area contributed by atoms with Gasteiger partial charge in [-0.05, 0) is 31.5 Å². The van der Waals surface area contributed by atoms with Gasteiger partial charge >= 0.3 is 0 Å². The lowest BCUT2D eigenvalue weighted by Crippen LogP contribution is -2.15. The Morgan fingerprint density at radius 1 is 1.41 bits per heavy atom. The van der Waals surface area contributed by atoms with Gasteiger partial charge in [0.05, 0.1) is 5.69 Å². The van der Waals surface area contributed by atoms with Gasteiger partial charge in [-0.2, -0.15) is 0 Å². The van der Waals surface area contributed by atoms with Gasteiger partial charge in [0.15, 0.2) is 4.80 Å². The maximum Gasteiger partial charge on any atom is 0.190 e. The molecule has 0 aliphatic heterocycles. The molecule has 1 heterocycles. The van der Waals surface area contributed by atoms with Crippen molar-refractivity contribution in [3.05, 3.63) is 45.2 Å². The highest BCUT2D eigenvalue weighted by atomic mass is 35.5. The Morgan fingerprint density at radius 2 is 2.24 bits per heavy atom. The SMILES string of the molecule is CCCn1c(C)csc1=Nc1cccc(Cl)c1. The Kier molecular flexibility index (Phi) is 4.02. The Hall–Kier alpha value is -1.06. The molecule has 2 aromatic rings. The molecule has 0 aliphatic rings. The number of nitrogens with zero attached hydrogens (tertiary/aromatic N) is 2. The third-order valence-corrected chi connectivity index (χ3v) is 3.69. The smallest absolute Gasteiger partial charge is 0.190 e. The van der Waals surface area contributed by atoms with Crippen molar-refractivity contribution in [3.8, 4) is 0 Å². The topological polar surface area (TPSA) is 17.3 Å². The summed E-state index contributed by atoms with van der Waals surface area (Å²) in [6.07, 6.45) is 1.11. The zero-order valence-corrected chi connectivity index (χ0v) is 11.6. The van der Waals surface area contributed by atoms with Crippen LogP contribution in [0.4, 0.5) is 5.69 Å². The molecule has 0 bridgehead atoms. The zero-order chi connectivity index (χ0) is 12.3. The van der Waals surface area contributed by atoms with E-state index in [4.69, 9.17) is 11.6 Å². The molecule has 0 spiro atoms. The lowest BCUT2D eigenvalue weighted by molar-refractivity contribution is 0.644. The average Bonchev–Trinajstić information content (AvgIpc) is 2.62. The van der Waals surface area contributed by atoms with Gasteiger partial charge in [0, 0.05) is 22.6 Å². The summed E-state index contributed by atoms with van der Waals surface area (Å²) in [4.78, 5) is 5.67. The number of thiazole rings is 1. The van der Waals surface area contributed by atoms with Crippen LogP contribution in [0.15, 0.2) is 34.6 Å². The van der Waals surface area contributed by atoms with E-state index in [9.17, 15) is 0 Å². The molecule has 1 aromatic carbocycles. The molecule has 0 saturated heterocycles. The van der Waals surface area contributed by atoms with Crippen molar-refractivity contribution >= 4 is 28.6 Å². The van der Waals surface area contributed by atoms with Crippen molar-refractivity contribution < 1.29 is 0 Å². The van der Waals surface area contributed by atoms with Crippen LogP contribution in [-0.2, 0) is 6.54 Å². The molecule has 0 N–H and O–H groups in total. The highest BCUT2D eigenvalue weighted by Gasteiger charge is 2.00. The summed E-state index contributed by atoms with van der Waals surface area (Å²) in [6.45, 7) is 5.30. The van der Waals surface area contributed by atoms with Gasteiger partial charge in [-0.15, -0.1) is 11.3 Å². The second-order valence-corrected chi connectivity index (χ2v) is 5.18. The van der Waals surface area contributed by atoms with Crippen LogP contribution in [0.5, 0.6) is 0 Å². The van der Waals surface area contributed by atoms with Crippen LogP contribution in [0.3, 0.4) is 0 Å². The van der Waals surface area contributed by atoms with E-state index in [-0.39, 0.29) is 0 Å². The second-order valence-electron chi connectivity index (χ2n) is 3.90. The number of hydrogen-bond donors (Lipinski definition) is 0. The molecule has 2 nitrogen and oxygen atoms in total. The molecule has 0 atom stereocenters. The zero-order valence-electron chi connectivity index (χ0n) is 9.98. The van der Waals surface area contributed by atoms with E-state index < -0.39 is 0 Å². The Balaban J connectivity index is 2.46. The summed E-state index contributed by atoms with van der Waals surface area (Å²) in [5, 5.41) is 2.86. The molecule has 17 heavy (non-hydrogen) atoms. The van der Waals surface area contributed by atoms with Gasteiger partial charge in [-0.1, -0.05) is 24.6 Å². The molecule has 90 valence electrons. The van der Waals surface area contributed by atoms with E-state index in [0.717, 1.165) is 28.5 Å². The fraction of sp³-hybridized carbons (Fsp3) is 0.308. The minimum absolute atomic E-state index is 0.724. The van der Waals surface area contributed by atoms with Crippen LogP contribution in [0.2, 0.25) is 5.02 Å². The average molecular weight is 267 g/mol. The molecule has 1 aromatic heterocycles. The van der Waals surface area contributed by atoms with Gasteiger partial charge in [0.1, 0.15) is 0 Å². The molecular weight excluding hydrogens is 252 g/mol. The Labute approximate surface area is 110 Å². The number of hydrogen-bond acceptors (Lipinski definition) is 2. The van der Waals surface area contributed by atoms with Crippen molar-refractivity contribution in [2.45, 2.75) is 26.8 Å². The third kappa shape index (κ3) is 2.99. The summed E-state index contributed by atoms with van der Waals surface area (Å²) in [5.74, 6) is 0. The van der Waals surface area contributed by atoms with Crippen LogP contribution in [0.1, 0.15) is 19.0 Å². The van der Waals surface area contributed by atoms with Crippen molar-refractivity contribution in [3.63, 3.8) is 0 Å². The van der Waals surface area contributed by atoms with E-state index in [0.29, 0.717) is 0 Å². The Bertz CT molecular complexity index is 569. The highest BCUT2D eigenvalue weighted by Crippen LogP contribution is 2.17. The standard InChI is InChI=1S/C13H15ClN2S/c1-3-7-16-10(2)9-17-13(16)15-12-6-4-5-11(14)8-12/h4-6,8-9H,3,7H2,1-2H3. The number of aromatic nitrogens is 1. The first kappa shape index (κ1) is 12.4. The van der Waals surface area contributed by atoms with Crippen LogP contribution in [0.25, 0.3) is 0 Å². The van der Waals surface area contributed by atoms with Gasteiger partial charge in [-0.3, -0.25) is 0 Å². The quantitative estimate of drug-likeness (QED) is 0.794. The van der Waals surface area contributed by atoms with Crippen LogP contribution in [-0.4, -0.2) is 4.57 Å². The fourth-order valence-electron chi connectivity index (χ4n) is 1.65. The first-order chi connectivity index (χ1) is 8.20. The van der Waals surface area contributed by atoms with Crippen LogP contribution < -0.4 is 4.80 Å². The molecule has 4 heteroatoms. The fourth-order valence-corrected chi connectivity index (χ4v) is 2.76.